The summed E-state index contributed by atoms with van der Waals surface area (Å²) in [4.78, 5) is 14.0. The number of rotatable bonds is 4. The maximum absolute atomic E-state index is 12.3. The molecule has 4 heteroatoms. The number of ether oxygens (including phenoxy) is 1. The third-order valence-corrected chi connectivity index (χ3v) is 4.47. The van der Waals surface area contributed by atoms with Gasteiger partial charge in [-0.1, -0.05) is 18.2 Å². The topological polar surface area (TPSA) is 49.8 Å². The highest BCUT2D eigenvalue weighted by Crippen LogP contribution is 2.32. The second kappa shape index (κ2) is 6.53. The van der Waals surface area contributed by atoms with E-state index < -0.39 is 0 Å². The number of aliphatic hydroxyl groups is 1. The monoisotopic (exact) mass is 301 g/mol. The van der Waals surface area contributed by atoms with Crippen LogP contribution in [0.15, 0.2) is 30.3 Å². The summed E-state index contributed by atoms with van der Waals surface area (Å²) in [5.74, 6) is 1.18. The van der Waals surface area contributed by atoms with Crippen LogP contribution < -0.4 is 4.74 Å². The standard InChI is InChI=1S/C18H23NO3/c1-2-22-17-9-7-14(8-10-17)13-3-5-15(6-4-13)18(21)19-11-16(20)12-19/h3,7-10,15-16,20H,2,4-6,11-12H2,1H3. The second-order valence-corrected chi connectivity index (χ2v) is 6.06. The van der Waals surface area contributed by atoms with E-state index in [0.29, 0.717) is 19.7 Å². The predicted octanol–water partition coefficient (Wildman–Crippen LogP) is 2.47. The highest BCUT2D eigenvalue weighted by Gasteiger charge is 2.33. The number of aliphatic hydroxyl groups excluding tert-OH is 1. The molecule has 1 aliphatic carbocycles. The van der Waals surface area contributed by atoms with E-state index in [9.17, 15) is 9.90 Å². The fraction of sp³-hybridized carbons (Fsp3) is 0.500. The molecule has 1 amide bonds. The minimum Gasteiger partial charge on any atom is -0.494 e. The Morgan fingerprint density at radius 2 is 2.05 bits per heavy atom. The van der Waals surface area contributed by atoms with Crippen molar-refractivity contribution in [3.63, 3.8) is 0 Å². The summed E-state index contributed by atoms with van der Waals surface area (Å²) >= 11 is 0. The quantitative estimate of drug-likeness (QED) is 0.929. The molecule has 1 aromatic carbocycles. The van der Waals surface area contributed by atoms with Crippen LogP contribution in [0.2, 0.25) is 0 Å². The Kier molecular flexibility index (Phi) is 4.48. The van der Waals surface area contributed by atoms with Crippen LogP contribution in [0.25, 0.3) is 5.57 Å². The number of amides is 1. The third kappa shape index (κ3) is 3.17. The van der Waals surface area contributed by atoms with Crippen molar-refractivity contribution in [3.8, 4) is 5.75 Å². The van der Waals surface area contributed by atoms with Crippen molar-refractivity contribution in [2.45, 2.75) is 32.3 Å². The summed E-state index contributed by atoms with van der Waals surface area (Å²) < 4.78 is 5.46. The third-order valence-electron chi connectivity index (χ3n) is 4.47. The van der Waals surface area contributed by atoms with Crippen LogP contribution in [0.5, 0.6) is 5.75 Å². The number of carbonyl (C=O) groups is 1. The van der Waals surface area contributed by atoms with E-state index >= 15 is 0 Å². The molecule has 1 saturated heterocycles. The molecular weight excluding hydrogens is 278 g/mol. The SMILES string of the molecule is CCOc1ccc(C2=CCC(C(=O)N3CC(O)C3)CC2)cc1. The van der Waals surface area contributed by atoms with E-state index in [2.05, 4.69) is 18.2 Å². The van der Waals surface area contributed by atoms with E-state index in [1.807, 2.05) is 19.1 Å². The van der Waals surface area contributed by atoms with Crippen molar-refractivity contribution in [1.82, 2.24) is 4.90 Å². The summed E-state index contributed by atoms with van der Waals surface area (Å²) in [7, 11) is 0. The van der Waals surface area contributed by atoms with Crippen LogP contribution in [-0.2, 0) is 4.79 Å². The molecular formula is C18H23NO3. The number of hydrogen-bond donors (Lipinski definition) is 1. The first kappa shape index (κ1) is 15.1. The Labute approximate surface area is 131 Å². The summed E-state index contributed by atoms with van der Waals surface area (Å²) in [6.45, 7) is 3.67. The van der Waals surface area contributed by atoms with Gasteiger partial charge in [-0.25, -0.2) is 0 Å². The van der Waals surface area contributed by atoms with Gasteiger partial charge in [-0.3, -0.25) is 4.79 Å². The Morgan fingerprint density at radius 1 is 1.32 bits per heavy atom. The molecule has 22 heavy (non-hydrogen) atoms. The average Bonchev–Trinajstić information content (AvgIpc) is 2.52. The molecule has 0 aromatic heterocycles. The summed E-state index contributed by atoms with van der Waals surface area (Å²) in [5, 5.41) is 9.30. The van der Waals surface area contributed by atoms with Crippen LogP contribution in [-0.4, -0.2) is 41.7 Å². The first-order chi connectivity index (χ1) is 10.7. The van der Waals surface area contributed by atoms with Crippen molar-refractivity contribution in [2.75, 3.05) is 19.7 Å². The number of nitrogens with zero attached hydrogens (tertiary/aromatic N) is 1. The molecule has 0 saturated carbocycles. The zero-order chi connectivity index (χ0) is 15.5. The first-order valence-electron chi connectivity index (χ1n) is 8.06. The highest BCUT2D eigenvalue weighted by molar-refractivity contribution is 5.81. The lowest BCUT2D eigenvalue weighted by molar-refractivity contribution is -0.145. The maximum Gasteiger partial charge on any atom is 0.226 e. The van der Waals surface area contributed by atoms with Crippen molar-refractivity contribution in [2.24, 2.45) is 5.92 Å². The van der Waals surface area contributed by atoms with Gasteiger partial charge in [0.15, 0.2) is 0 Å². The Hall–Kier alpha value is -1.81. The summed E-state index contributed by atoms with van der Waals surface area (Å²) in [5.41, 5.74) is 2.53. The van der Waals surface area contributed by atoms with Crippen LogP contribution in [0, 0.1) is 5.92 Å². The van der Waals surface area contributed by atoms with Gasteiger partial charge >= 0.3 is 0 Å². The minimum absolute atomic E-state index is 0.0824. The highest BCUT2D eigenvalue weighted by atomic mass is 16.5. The molecule has 3 rings (SSSR count). The smallest absolute Gasteiger partial charge is 0.226 e. The van der Waals surface area contributed by atoms with Crippen LogP contribution in [0.3, 0.4) is 0 Å². The van der Waals surface area contributed by atoms with Crippen molar-refractivity contribution in [1.29, 1.82) is 0 Å². The fourth-order valence-corrected chi connectivity index (χ4v) is 3.15. The van der Waals surface area contributed by atoms with E-state index in [0.717, 1.165) is 25.0 Å². The number of hydrogen-bond acceptors (Lipinski definition) is 3. The Bertz CT molecular complexity index is 558. The number of carbonyl (C=O) groups excluding carboxylic acids is 1. The van der Waals surface area contributed by atoms with Crippen LogP contribution in [0.1, 0.15) is 31.7 Å². The molecule has 1 heterocycles. The molecule has 4 nitrogen and oxygen atoms in total. The zero-order valence-electron chi connectivity index (χ0n) is 13.0. The van der Waals surface area contributed by atoms with Crippen LogP contribution in [0.4, 0.5) is 0 Å². The van der Waals surface area contributed by atoms with E-state index in [1.165, 1.54) is 11.1 Å². The molecule has 0 radical (unpaired) electrons. The molecule has 1 fully saturated rings. The molecule has 1 N–H and O–H groups in total. The molecule has 0 spiro atoms. The number of likely N-dealkylation sites (tertiary alicyclic amines) is 1. The Morgan fingerprint density at radius 3 is 2.59 bits per heavy atom. The number of benzene rings is 1. The summed E-state index contributed by atoms with van der Waals surface area (Å²) in [6.07, 6.45) is 4.50. The van der Waals surface area contributed by atoms with Gasteiger partial charge < -0.3 is 14.7 Å². The molecule has 1 unspecified atom stereocenters. The normalized spacial score (nSPS) is 22.0. The largest absolute Gasteiger partial charge is 0.494 e. The van der Waals surface area contributed by atoms with Gasteiger partial charge in [0.2, 0.25) is 5.91 Å². The minimum atomic E-state index is -0.317. The molecule has 118 valence electrons. The van der Waals surface area contributed by atoms with Gasteiger partial charge in [-0.2, -0.15) is 0 Å². The van der Waals surface area contributed by atoms with Gasteiger partial charge in [0.25, 0.3) is 0 Å². The van der Waals surface area contributed by atoms with Crippen molar-refractivity contribution in [3.05, 3.63) is 35.9 Å². The first-order valence-corrected chi connectivity index (χ1v) is 8.06. The van der Waals surface area contributed by atoms with Crippen molar-refractivity contribution >= 4 is 11.5 Å². The zero-order valence-corrected chi connectivity index (χ0v) is 13.0. The lowest BCUT2D eigenvalue weighted by atomic mass is 9.85. The summed E-state index contributed by atoms with van der Waals surface area (Å²) in [6, 6.07) is 8.17. The van der Waals surface area contributed by atoms with Crippen molar-refractivity contribution < 1.29 is 14.6 Å². The van der Waals surface area contributed by atoms with Crippen LogP contribution >= 0.6 is 0 Å². The van der Waals surface area contributed by atoms with E-state index in [4.69, 9.17) is 4.74 Å². The number of allylic oxidation sites excluding steroid dienone is 2. The van der Waals surface area contributed by atoms with Gasteiger partial charge in [0.05, 0.1) is 12.7 Å². The van der Waals surface area contributed by atoms with Gasteiger partial charge in [0, 0.05) is 19.0 Å². The molecule has 1 atom stereocenters. The van der Waals surface area contributed by atoms with E-state index in [1.54, 1.807) is 4.90 Å². The van der Waals surface area contributed by atoms with Gasteiger partial charge in [-0.05, 0) is 49.5 Å². The average molecular weight is 301 g/mol. The second-order valence-electron chi connectivity index (χ2n) is 6.06. The maximum atomic E-state index is 12.3. The lowest BCUT2D eigenvalue weighted by Crippen LogP contribution is -2.55. The predicted molar refractivity (Wildman–Crippen MR) is 85.5 cm³/mol. The molecule has 1 aromatic rings. The Balaban J connectivity index is 1.59. The fourth-order valence-electron chi connectivity index (χ4n) is 3.15. The molecule has 1 aliphatic heterocycles. The number of β-amino-alcohol motifs (C(OH)–C–C–N with tert-alkyl or cyclic N) is 1. The van der Waals surface area contributed by atoms with Gasteiger partial charge in [-0.15, -0.1) is 0 Å². The lowest BCUT2D eigenvalue weighted by Gasteiger charge is -2.38. The molecule has 0 bridgehead atoms. The van der Waals surface area contributed by atoms with Gasteiger partial charge in [0.1, 0.15) is 5.75 Å². The molecule has 2 aliphatic rings. The van der Waals surface area contributed by atoms with E-state index in [-0.39, 0.29) is 17.9 Å².